The Bertz CT molecular complexity index is 300. The van der Waals surface area contributed by atoms with Crippen molar-refractivity contribution in [3.63, 3.8) is 0 Å². The first kappa shape index (κ1) is 12.3. The van der Waals surface area contributed by atoms with Gasteiger partial charge in [-0.2, -0.15) is 0 Å². The lowest BCUT2D eigenvalue weighted by Gasteiger charge is -2.16. The highest BCUT2D eigenvalue weighted by atomic mass is 14.2. The zero-order chi connectivity index (χ0) is 10.0. The molecule has 15 heavy (non-hydrogen) atoms. The highest BCUT2D eigenvalue weighted by molar-refractivity contribution is 5.39. The topological polar surface area (TPSA) is 0 Å². The molecule has 0 radical (unpaired) electrons. The summed E-state index contributed by atoms with van der Waals surface area (Å²) in [6.45, 7) is 4.58. The second-order valence-corrected chi connectivity index (χ2v) is 5.10. The summed E-state index contributed by atoms with van der Waals surface area (Å²) in [6, 6.07) is 0. The Hall–Kier alpha value is -0.780. The molecule has 1 saturated carbocycles. The van der Waals surface area contributed by atoms with Crippen molar-refractivity contribution in [1.29, 1.82) is 0 Å². The molecule has 0 saturated heterocycles. The smallest absolute Gasteiger partial charge is 0.00134 e. The van der Waals surface area contributed by atoms with Crippen molar-refractivity contribution in [3.8, 4) is 0 Å². The molecule has 0 aromatic carbocycles. The maximum atomic E-state index is 2.47. The summed E-state index contributed by atoms with van der Waals surface area (Å²) in [5.74, 6) is 0. The van der Waals surface area contributed by atoms with Crippen LogP contribution in [-0.4, -0.2) is 0 Å². The number of fused-ring (bicyclic) bond motifs is 1. The molecule has 84 valence electrons. The molecule has 2 rings (SSSR count). The average molecular weight is 204 g/mol. The second-order valence-electron chi connectivity index (χ2n) is 5.10. The standard InChI is InChI=1S/C14H20.CH4/c1-14(2)10-6-9-12-7-4-3-5-8-13(12)11-14;/h6,9-11H,3-5,7-8H2,1-2H3;1H4. The number of rotatable bonds is 0. The van der Waals surface area contributed by atoms with Gasteiger partial charge in [-0.25, -0.2) is 0 Å². The summed E-state index contributed by atoms with van der Waals surface area (Å²) in [5, 5.41) is 0. The molecule has 0 aromatic rings. The lowest BCUT2D eigenvalue weighted by Crippen LogP contribution is -2.03. The van der Waals surface area contributed by atoms with E-state index in [9.17, 15) is 0 Å². The normalized spacial score (nSPS) is 23.9. The molecule has 0 bridgehead atoms. The van der Waals surface area contributed by atoms with Crippen LogP contribution in [-0.2, 0) is 0 Å². The van der Waals surface area contributed by atoms with E-state index in [0.29, 0.717) is 0 Å². The minimum absolute atomic E-state index is 0. The Morgan fingerprint density at radius 3 is 2.40 bits per heavy atom. The van der Waals surface area contributed by atoms with Crippen LogP contribution in [0.1, 0.15) is 53.4 Å². The fraction of sp³-hybridized carbons (Fsp3) is 0.600. The SMILES string of the molecule is C.CC1(C)C=CC=C2CCCCCC2=C1. The average Bonchev–Trinajstić information content (AvgIpc) is 2.36. The predicted octanol–water partition coefficient (Wildman–Crippen LogP) is 5.04. The summed E-state index contributed by atoms with van der Waals surface area (Å²) < 4.78 is 0. The van der Waals surface area contributed by atoms with E-state index in [1.165, 1.54) is 32.1 Å². The largest absolute Gasteiger partial charge is 0.0776 e. The summed E-state index contributed by atoms with van der Waals surface area (Å²) in [4.78, 5) is 0. The first-order valence-electron chi connectivity index (χ1n) is 5.78. The first-order valence-corrected chi connectivity index (χ1v) is 5.78. The molecule has 0 nitrogen and oxygen atoms in total. The van der Waals surface area contributed by atoms with Gasteiger partial charge in [-0.15, -0.1) is 0 Å². The van der Waals surface area contributed by atoms with Gasteiger partial charge in [0.15, 0.2) is 0 Å². The molecule has 2 aliphatic carbocycles. The van der Waals surface area contributed by atoms with Crippen LogP contribution >= 0.6 is 0 Å². The van der Waals surface area contributed by atoms with Crippen LogP contribution in [0.5, 0.6) is 0 Å². The molecular formula is C15H24. The van der Waals surface area contributed by atoms with Crippen LogP contribution in [0, 0.1) is 5.41 Å². The maximum absolute atomic E-state index is 2.47. The minimum atomic E-state index is 0. The summed E-state index contributed by atoms with van der Waals surface area (Å²) in [5.41, 5.74) is 3.44. The van der Waals surface area contributed by atoms with Gasteiger partial charge >= 0.3 is 0 Å². The number of hydrogen-bond acceptors (Lipinski definition) is 0. The third kappa shape index (κ3) is 3.09. The molecule has 0 aliphatic heterocycles. The molecule has 0 N–H and O–H groups in total. The van der Waals surface area contributed by atoms with E-state index in [1.54, 1.807) is 11.1 Å². The van der Waals surface area contributed by atoms with E-state index in [0.717, 1.165) is 0 Å². The van der Waals surface area contributed by atoms with Crippen molar-refractivity contribution in [1.82, 2.24) is 0 Å². The van der Waals surface area contributed by atoms with Crippen LogP contribution in [0.15, 0.2) is 35.5 Å². The van der Waals surface area contributed by atoms with Crippen LogP contribution < -0.4 is 0 Å². The van der Waals surface area contributed by atoms with Gasteiger partial charge in [-0.05, 0) is 36.8 Å². The Labute approximate surface area is 94.8 Å². The van der Waals surface area contributed by atoms with Gasteiger partial charge in [-0.1, -0.05) is 52.0 Å². The molecule has 0 atom stereocenters. The Morgan fingerprint density at radius 1 is 1.00 bits per heavy atom. The van der Waals surface area contributed by atoms with E-state index < -0.39 is 0 Å². The van der Waals surface area contributed by atoms with Crippen molar-refractivity contribution in [2.75, 3.05) is 0 Å². The van der Waals surface area contributed by atoms with Gasteiger partial charge in [0.2, 0.25) is 0 Å². The second kappa shape index (κ2) is 4.83. The third-order valence-corrected chi connectivity index (χ3v) is 3.17. The van der Waals surface area contributed by atoms with Gasteiger partial charge in [-0.3, -0.25) is 0 Å². The quantitative estimate of drug-likeness (QED) is 0.519. The molecule has 0 amide bonds. The molecule has 0 unspecified atom stereocenters. The highest BCUT2D eigenvalue weighted by Gasteiger charge is 2.17. The first-order chi connectivity index (χ1) is 6.67. The van der Waals surface area contributed by atoms with Crippen LogP contribution in [0.25, 0.3) is 0 Å². The van der Waals surface area contributed by atoms with Crippen molar-refractivity contribution in [2.45, 2.75) is 53.4 Å². The van der Waals surface area contributed by atoms with Crippen molar-refractivity contribution >= 4 is 0 Å². The molecule has 0 aromatic heterocycles. The summed E-state index contributed by atoms with van der Waals surface area (Å²) in [7, 11) is 0. The van der Waals surface area contributed by atoms with Crippen LogP contribution in [0.2, 0.25) is 0 Å². The lowest BCUT2D eigenvalue weighted by atomic mass is 9.89. The molecular weight excluding hydrogens is 180 g/mol. The van der Waals surface area contributed by atoms with Gasteiger partial charge in [0.05, 0.1) is 0 Å². The molecule has 2 aliphatic rings. The lowest BCUT2D eigenvalue weighted by molar-refractivity contribution is 0.618. The van der Waals surface area contributed by atoms with Crippen molar-refractivity contribution < 1.29 is 0 Å². The molecule has 0 heterocycles. The third-order valence-electron chi connectivity index (χ3n) is 3.17. The Balaban J connectivity index is 0.00000112. The minimum Gasteiger partial charge on any atom is -0.0776 e. The molecule has 1 fully saturated rings. The summed E-state index contributed by atoms with van der Waals surface area (Å²) >= 11 is 0. The predicted molar refractivity (Wildman–Crippen MR) is 68.9 cm³/mol. The molecule has 0 spiro atoms. The Kier molecular flexibility index (Phi) is 3.96. The van der Waals surface area contributed by atoms with Crippen molar-refractivity contribution in [2.24, 2.45) is 5.41 Å². The van der Waals surface area contributed by atoms with Gasteiger partial charge in [0.25, 0.3) is 0 Å². The fourth-order valence-corrected chi connectivity index (χ4v) is 2.39. The fourth-order valence-electron chi connectivity index (χ4n) is 2.39. The van der Waals surface area contributed by atoms with Gasteiger partial charge in [0, 0.05) is 5.41 Å². The zero-order valence-corrected chi connectivity index (χ0v) is 9.34. The molecule has 0 heteroatoms. The zero-order valence-electron chi connectivity index (χ0n) is 9.34. The van der Waals surface area contributed by atoms with Gasteiger partial charge in [0.1, 0.15) is 0 Å². The van der Waals surface area contributed by atoms with E-state index >= 15 is 0 Å². The highest BCUT2D eigenvalue weighted by Crippen LogP contribution is 2.34. The van der Waals surface area contributed by atoms with E-state index in [4.69, 9.17) is 0 Å². The van der Waals surface area contributed by atoms with Crippen LogP contribution in [0.4, 0.5) is 0 Å². The number of allylic oxidation sites excluding steroid dienone is 6. The van der Waals surface area contributed by atoms with E-state index in [2.05, 4.69) is 38.2 Å². The number of hydrogen-bond donors (Lipinski definition) is 0. The maximum Gasteiger partial charge on any atom is 0.00134 e. The monoisotopic (exact) mass is 204 g/mol. The van der Waals surface area contributed by atoms with Gasteiger partial charge < -0.3 is 0 Å². The summed E-state index contributed by atoms with van der Waals surface area (Å²) in [6.07, 6.45) is 16.1. The van der Waals surface area contributed by atoms with E-state index in [-0.39, 0.29) is 12.8 Å². The van der Waals surface area contributed by atoms with Crippen molar-refractivity contribution in [3.05, 3.63) is 35.5 Å². The van der Waals surface area contributed by atoms with Crippen LogP contribution in [0.3, 0.4) is 0 Å². The van der Waals surface area contributed by atoms with E-state index in [1.807, 2.05) is 0 Å². The Morgan fingerprint density at radius 2 is 1.67 bits per heavy atom.